The molecule has 2 aliphatic rings. The van der Waals surface area contributed by atoms with Crippen molar-refractivity contribution >= 4 is 22.8 Å². The summed E-state index contributed by atoms with van der Waals surface area (Å²) in [5.74, 6) is 1.75. The molecule has 0 saturated carbocycles. The molecule has 3 aromatic heterocycles. The normalized spacial score (nSPS) is 20.3. The van der Waals surface area contributed by atoms with Gasteiger partial charge in [-0.2, -0.15) is 0 Å². The van der Waals surface area contributed by atoms with Crippen LogP contribution in [-0.2, 0) is 21.5 Å². The van der Waals surface area contributed by atoms with E-state index in [0.29, 0.717) is 25.6 Å². The van der Waals surface area contributed by atoms with Gasteiger partial charge >= 0.3 is 0 Å². The van der Waals surface area contributed by atoms with Gasteiger partial charge in [-0.3, -0.25) is 4.79 Å². The summed E-state index contributed by atoms with van der Waals surface area (Å²) in [5.41, 5.74) is 5.25. The predicted molar refractivity (Wildman–Crippen MR) is 132 cm³/mol. The van der Waals surface area contributed by atoms with E-state index in [-0.39, 0.29) is 11.8 Å². The second kappa shape index (κ2) is 8.20. The summed E-state index contributed by atoms with van der Waals surface area (Å²) in [6, 6.07) is 6.08. The largest absolute Gasteiger partial charge is 0.381 e. The zero-order valence-corrected chi connectivity index (χ0v) is 20.1. The molecular weight excluding hydrogens is 442 g/mol. The van der Waals surface area contributed by atoms with Gasteiger partial charge in [0.05, 0.1) is 11.0 Å². The maximum atomic E-state index is 13.2. The zero-order chi connectivity index (χ0) is 24.2. The van der Waals surface area contributed by atoms with Crippen LogP contribution in [-0.4, -0.2) is 48.6 Å². The molecule has 1 saturated heterocycles. The number of aryl methyl sites for hydroxylation is 2. The van der Waals surface area contributed by atoms with Gasteiger partial charge in [0.1, 0.15) is 29.2 Å². The first kappa shape index (κ1) is 21.8. The second-order valence-corrected chi connectivity index (χ2v) is 9.40. The number of amides is 1. The fraction of sp³-hybridized carbons (Fsp3) is 0.385. The van der Waals surface area contributed by atoms with Crippen molar-refractivity contribution in [2.75, 3.05) is 18.5 Å². The molecule has 1 aromatic carbocycles. The monoisotopic (exact) mass is 469 g/mol. The Morgan fingerprint density at radius 1 is 1.11 bits per heavy atom. The molecule has 1 N–H and O–H groups in total. The fourth-order valence-corrected chi connectivity index (χ4v) is 5.46. The highest BCUT2D eigenvalue weighted by atomic mass is 16.5. The maximum Gasteiger partial charge on any atom is 0.235 e. The topological polar surface area (TPSA) is 108 Å². The van der Waals surface area contributed by atoms with E-state index in [9.17, 15) is 4.79 Å². The molecule has 1 fully saturated rings. The van der Waals surface area contributed by atoms with Crippen molar-refractivity contribution in [1.82, 2.24) is 29.5 Å². The lowest BCUT2D eigenvalue weighted by Crippen LogP contribution is -2.41. The molecule has 0 spiro atoms. The van der Waals surface area contributed by atoms with Crippen LogP contribution >= 0.6 is 0 Å². The smallest absolute Gasteiger partial charge is 0.235 e. The molecule has 1 atom stereocenters. The molecule has 0 aliphatic carbocycles. The van der Waals surface area contributed by atoms with Crippen LogP contribution in [0.3, 0.4) is 0 Å². The van der Waals surface area contributed by atoms with Crippen LogP contribution in [0, 0.1) is 12.8 Å². The minimum absolute atomic E-state index is 0.0568. The summed E-state index contributed by atoms with van der Waals surface area (Å²) in [6.07, 6.45) is 6.89. The van der Waals surface area contributed by atoms with E-state index >= 15 is 0 Å². The highest BCUT2D eigenvalue weighted by Gasteiger charge is 2.48. The first-order chi connectivity index (χ1) is 17.0. The molecule has 1 amide bonds. The Bertz CT molecular complexity index is 1440. The first-order valence-corrected chi connectivity index (χ1v) is 12.0. The molecule has 4 aromatic rings. The molecule has 9 nitrogen and oxygen atoms in total. The van der Waals surface area contributed by atoms with Gasteiger partial charge in [-0.15, -0.1) is 0 Å². The highest BCUT2D eigenvalue weighted by molar-refractivity contribution is 6.07. The van der Waals surface area contributed by atoms with Crippen molar-refractivity contribution in [2.45, 2.75) is 45.6 Å². The molecule has 178 valence electrons. The van der Waals surface area contributed by atoms with Gasteiger partial charge in [-0.1, -0.05) is 6.07 Å². The molecule has 0 unspecified atom stereocenters. The lowest BCUT2D eigenvalue weighted by molar-refractivity contribution is -0.123. The molecule has 35 heavy (non-hydrogen) atoms. The number of ether oxygens (including phenoxy) is 1. The third kappa shape index (κ3) is 3.33. The molecule has 0 radical (unpaired) electrons. The summed E-state index contributed by atoms with van der Waals surface area (Å²) < 4.78 is 7.62. The van der Waals surface area contributed by atoms with Gasteiger partial charge < -0.3 is 14.6 Å². The Hall–Kier alpha value is -3.72. The Labute approximate surface area is 203 Å². The number of nitrogens with one attached hydrogen (secondary N) is 1. The van der Waals surface area contributed by atoms with Crippen LogP contribution < -0.4 is 5.32 Å². The van der Waals surface area contributed by atoms with E-state index in [1.54, 1.807) is 18.7 Å². The number of hydrogen-bond donors (Lipinski definition) is 1. The van der Waals surface area contributed by atoms with Gasteiger partial charge in [0.15, 0.2) is 5.65 Å². The van der Waals surface area contributed by atoms with E-state index in [0.717, 1.165) is 57.9 Å². The summed E-state index contributed by atoms with van der Waals surface area (Å²) in [7, 11) is 0. The summed E-state index contributed by atoms with van der Waals surface area (Å²) in [4.78, 5) is 36.0. The molecule has 0 bridgehead atoms. The number of nitrogens with zero attached hydrogens (tertiary/aromatic N) is 6. The SMILES string of the molecule is CCn1c(-c2cnc(C)nc2)nc2c(-c3ccc4c(c3)[C@@](C)(C3CCOCC3)C(=O)N4)ncnc21. The van der Waals surface area contributed by atoms with Crippen LogP contribution in [0.15, 0.2) is 36.9 Å². The Balaban J connectivity index is 1.50. The second-order valence-electron chi connectivity index (χ2n) is 9.40. The number of rotatable bonds is 4. The van der Waals surface area contributed by atoms with Gasteiger partial charge in [0.25, 0.3) is 0 Å². The predicted octanol–water partition coefficient (Wildman–Crippen LogP) is 3.92. The van der Waals surface area contributed by atoms with Crippen molar-refractivity contribution in [1.29, 1.82) is 0 Å². The van der Waals surface area contributed by atoms with Crippen molar-refractivity contribution < 1.29 is 9.53 Å². The third-order valence-electron chi connectivity index (χ3n) is 7.50. The first-order valence-electron chi connectivity index (χ1n) is 12.0. The van der Waals surface area contributed by atoms with E-state index in [4.69, 9.17) is 9.72 Å². The maximum absolute atomic E-state index is 13.2. The Kier molecular flexibility index (Phi) is 5.10. The number of imidazole rings is 1. The standard InChI is InChI=1S/C26H27N7O2/c1-4-33-23(17-12-27-15(2)28-13-17)32-22-21(29-14-30-24(22)33)16-5-6-20-19(11-16)26(3,25(34)31-20)18-7-9-35-10-8-18/h5-6,11-14,18H,4,7-10H2,1-3H3,(H,31,34)/t26-/m1/s1. The van der Waals surface area contributed by atoms with Crippen LogP contribution in [0.2, 0.25) is 0 Å². The highest BCUT2D eigenvalue weighted by Crippen LogP contribution is 2.47. The minimum atomic E-state index is -0.603. The number of hydrogen-bond acceptors (Lipinski definition) is 7. The van der Waals surface area contributed by atoms with E-state index < -0.39 is 5.41 Å². The Morgan fingerprint density at radius 2 is 1.89 bits per heavy atom. The van der Waals surface area contributed by atoms with Crippen LogP contribution in [0.4, 0.5) is 5.69 Å². The average molecular weight is 470 g/mol. The van der Waals surface area contributed by atoms with E-state index in [1.165, 1.54) is 0 Å². The number of carbonyl (C=O) groups excluding carboxylic acids is 1. The molecule has 5 heterocycles. The number of fused-ring (bicyclic) bond motifs is 2. The average Bonchev–Trinajstić information content (AvgIpc) is 3.40. The van der Waals surface area contributed by atoms with Gasteiger partial charge in [0, 0.05) is 43.4 Å². The van der Waals surface area contributed by atoms with E-state index in [2.05, 4.69) is 49.7 Å². The van der Waals surface area contributed by atoms with Crippen LogP contribution in [0.5, 0.6) is 0 Å². The molecule has 9 heteroatoms. The summed E-state index contributed by atoms with van der Waals surface area (Å²) in [5, 5.41) is 3.10. The molecule has 6 rings (SSSR count). The number of aromatic nitrogens is 6. The van der Waals surface area contributed by atoms with Crippen molar-refractivity contribution in [3.05, 3.63) is 48.3 Å². The number of benzene rings is 1. The van der Waals surface area contributed by atoms with Crippen LogP contribution in [0.25, 0.3) is 33.8 Å². The third-order valence-corrected chi connectivity index (χ3v) is 7.50. The Morgan fingerprint density at radius 3 is 2.63 bits per heavy atom. The van der Waals surface area contributed by atoms with E-state index in [1.807, 2.05) is 19.1 Å². The number of carbonyl (C=O) groups is 1. The quantitative estimate of drug-likeness (QED) is 0.483. The zero-order valence-electron chi connectivity index (χ0n) is 20.1. The van der Waals surface area contributed by atoms with Crippen molar-refractivity contribution in [3.8, 4) is 22.6 Å². The van der Waals surface area contributed by atoms with Crippen molar-refractivity contribution in [3.63, 3.8) is 0 Å². The number of anilines is 1. The van der Waals surface area contributed by atoms with Gasteiger partial charge in [-0.25, -0.2) is 24.9 Å². The minimum Gasteiger partial charge on any atom is -0.381 e. The molecule has 2 aliphatic heterocycles. The lowest BCUT2D eigenvalue weighted by atomic mass is 9.69. The summed E-state index contributed by atoms with van der Waals surface area (Å²) >= 11 is 0. The van der Waals surface area contributed by atoms with Crippen LogP contribution in [0.1, 0.15) is 38.1 Å². The lowest BCUT2D eigenvalue weighted by Gasteiger charge is -2.35. The fourth-order valence-electron chi connectivity index (χ4n) is 5.46. The van der Waals surface area contributed by atoms with Crippen molar-refractivity contribution in [2.24, 2.45) is 5.92 Å². The molecular formula is C26H27N7O2. The van der Waals surface area contributed by atoms with Gasteiger partial charge in [0.2, 0.25) is 5.91 Å². The summed E-state index contributed by atoms with van der Waals surface area (Å²) in [6.45, 7) is 8.06. The van der Waals surface area contributed by atoms with Gasteiger partial charge in [-0.05, 0) is 57.2 Å².